The molecule has 1 unspecified atom stereocenters. The van der Waals surface area contributed by atoms with Crippen LogP contribution in [0.25, 0.3) is 10.9 Å². The molecule has 0 amide bonds. The quantitative estimate of drug-likeness (QED) is 0.497. The average Bonchev–Trinajstić information content (AvgIpc) is 2.84. The summed E-state index contributed by atoms with van der Waals surface area (Å²) in [7, 11) is 3.33. The maximum atomic E-state index is 12.8. The van der Waals surface area contributed by atoms with E-state index in [2.05, 4.69) is 46.3 Å². The summed E-state index contributed by atoms with van der Waals surface area (Å²) in [6.45, 7) is 3.35. The maximum Gasteiger partial charge on any atom is 0.258 e. The van der Waals surface area contributed by atoms with Crippen molar-refractivity contribution in [3.63, 3.8) is 0 Å². The van der Waals surface area contributed by atoms with Gasteiger partial charge in [-0.2, -0.15) is 0 Å². The number of H-pyrrole nitrogens is 1. The first-order valence-corrected chi connectivity index (χ1v) is 11.1. The van der Waals surface area contributed by atoms with Gasteiger partial charge in [-0.15, -0.1) is 0 Å². The van der Waals surface area contributed by atoms with Gasteiger partial charge in [0.25, 0.3) is 5.56 Å². The second kappa shape index (κ2) is 8.71. The Balaban J connectivity index is 1.60. The topological polar surface area (TPSA) is 67.5 Å². The molecule has 1 atom stereocenters. The van der Waals surface area contributed by atoms with Crippen molar-refractivity contribution in [1.29, 1.82) is 0 Å². The Bertz CT molecular complexity index is 1360. The van der Waals surface area contributed by atoms with E-state index < -0.39 is 0 Å². The summed E-state index contributed by atoms with van der Waals surface area (Å²) < 4.78 is 11.2. The molecule has 168 valence electrons. The number of methoxy groups -OCH3 is 2. The molecule has 0 fully saturated rings. The summed E-state index contributed by atoms with van der Waals surface area (Å²) in [4.78, 5) is 23.0. The fourth-order valence-corrected chi connectivity index (χ4v) is 4.81. The minimum Gasteiger partial charge on any atom is -0.493 e. The Labute approximate surface area is 192 Å². The molecule has 1 aliphatic heterocycles. The van der Waals surface area contributed by atoms with E-state index in [4.69, 9.17) is 14.5 Å². The van der Waals surface area contributed by atoms with Crippen LogP contribution in [-0.4, -0.2) is 35.6 Å². The van der Waals surface area contributed by atoms with Crippen molar-refractivity contribution >= 4 is 10.9 Å². The van der Waals surface area contributed by atoms with Crippen LogP contribution in [0.5, 0.6) is 11.5 Å². The summed E-state index contributed by atoms with van der Waals surface area (Å²) in [6.07, 6.45) is 0.871. The normalized spacial score (nSPS) is 15.9. The summed E-state index contributed by atoms with van der Waals surface area (Å²) in [5.41, 5.74) is 5.28. The van der Waals surface area contributed by atoms with Crippen molar-refractivity contribution in [2.24, 2.45) is 0 Å². The van der Waals surface area contributed by atoms with Gasteiger partial charge in [0.1, 0.15) is 5.82 Å². The lowest BCUT2D eigenvalue weighted by Crippen LogP contribution is -2.36. The molecule has 0 spiro atoms. The van der Waals surface area contributed by atoms with Gasteiger partial charge in [0.05, 0.1) is 37.7 Å². The number of fused-ring (bicyclic) bond motifs is 2. The molecule has 4 aromatic rings. The predicted octanol–water partition coefficient (Wildman–Crippen LogP) is 4.40. The second-order valence-corrected chi connectivity index (χ2v) is 8.42. The predicted molar refractivity (Wildman–Crippen MR) is 129 cm³/mol. The van der Waals surface area contributed by atoms with Gasteiger partial charge in [-0.1, -0.05) is 42.5 Å². The smallest absolute Gasteiger partial charge is 0.258 e. The van der Waals surface area contributed by atoms with E-state index in [0.29, 0.717) is 23.5 Å². The Morgan fingerprint density at radius 3 is 2.55 bits per heavy atom. The molecule has 5 rings (SSSR count). The lowest BCUT2D eigenvalue weighted by Gasteiger charge is -2.38. The number of nitrogens with one attached hydrogen (secondary N) is 1. The van der Waals surface area contributed by atoms with Crippen molar-refractivity contribution in [2.75, 3.05) is 20.8 Å². The fraction of sp³-hybridized carbons (Fsp3) is 0.259. The van der Waals surface area contributed by atoms with E-state index in [1.165, 1.54) is 16.7 Å². The van der Waals surface area contributed by atoms with Gasteiger partial charge in [0.2, 0.25) is 0 Å². The number of ether oxygens (including phenoxy) is 2. The third-order valence-electron chi connectivity index (χ3n) is 6.43. The number of para-hydroxylation sites is 1. The second-order valence-electron chi connectivity index (χ2n) is 8.42. The van der Waals surface area contributed by atoms with Crippen molar-refractivity contribution < 1.29 is 9.47 Å². The largest absolute Gasteiger partial charge is 0.493 e. The molecule has 0 saturated carbocycles. The highest BCUT2D eigenvalue weighted by Crippen LogP contribution is 2.41. The SMILES string of the molecule is COc1cc2c(cc1OC)C(c1ccccc1)N(Cc1nc3c(C)cccc3c(=O)[nH]1)CC2. The van der Waals surface area contributed by atoms with Crippen LogP contribution in [0, 0.1) is 6.92 Å². The molecule has 6 heteroatoms. The summed E-state index contributed by atoms with van der Waals surface area (Å²) in [6, 6.07) is 20.3. The third-order valence-corrected chi connectivity index (χ3v) is 6.43. The van der Waals surface area contributed by atoms with E-state index in [1.54, 1.807) is 14.2 Å². The fourth-order valence-electron chi connectivity index (χ4n) is 4.81. The molecule has 3 aromatic carbocycles. The van der Waals surface area contributed by atoms with E-state index in [0.717, 1.165) is 29.8 Å². The molecule has 6 nitrogen and oxygen atoms in total. The zero-order chi connectivity index (χ0) is 22.9. The number of aromatic nitrogens is 2. The minimum atomic E-state index is -0.0984. The van der Waals surface area contributed by atoms with Crippen LogP contribution in [0.4, 0.5) is 0 Å². The number of benzene rings is 3. The number of hydrogen-bond acceptors (Lipinski definition) is 5. The van der Waals surface area contributed by atoms with Gasteiger partial charge < -0.3 is 14.5 Å². The van der Waals surface area contributed by atoms with Crippen molar-refractivity contribution in [1.82, 2.24) is 14.9 Å². The van der Waals surface area contributed by atoms with Crippen molar-refractivity contribution in [3.8, 4) is 11.5 Å². The molecule has 1 aromatic heterocycles. The number of nitrogens with zero attached hydrogens (tertiary/aromatic N) is 2. The van der Waals surface area contributed by atoms with E-state index >= 15 is 0 Å². The first-order chi connectivity index (χ1) is 16.1. The first-order valence-electron chi connectivity index (χ1n) is 11.1. The van der Waals surface area contributed by atoms with E-state index in [-0.39, 0.29) is 11.6 Å². The minimum absolute atomic E-state index is 0.00706. The molecule has 2 heterocycles. The van der Waals surface area contributed by atoms with Crippen LogP contribution < -0.4 is 15.0 Å². The van der Waals surface area contributed by atoms with Gasteiger partial charge in [-0.25, -0.2) is 4.98 Å². The van der Waals surface area contributed by atoms with E-state index in [1.807, 2.05) is 31.2 Å². The zero-order valence-electron chi connectivity index (χ0n) is 19.1. The lowest BCUT2D eigenvalue weighted by atomic mass is 9.87. The molecule has 0 bridgehead atoms. The van der Waals surface area contributed by atoms with Crippen molar-refractivity contribution in [3.05, 3.63) is 99.1 Å². The third kappa shape index (κ3) is 3.87. The van der Waals surface area contributed by atoms with E-state index in [9.17, 15) is 4.79 Å². The molecular formula is C27H27N3O3. The highest BCUT2D eigenvalue weighted by molar-refractivity contribution is 5.80. The Hall–Kier alpha value is -3.64. The standard InChI is InChI=1S/C27H27N3O3/c1-17-8-7-11-20-25(17)28-24(29-27(20)31)16-30-13-12-19-14-22(32-2)23(33-3)15-21(19)26(30)18-9-5-4-6-10-18/h4-11,14-15,26H,12-13,16H2,1-3H3,(H,28,29,31). The van der Waals surface area contributed by atoms with Gasteiger partial charge in [-0.3, -0.25) is 9.69 Å². The first kappa shape index (κ1) is 21.2. The van der Waals surface area contributed by atoms with Crippen LogP contribution in [0.3, 0.4) is 0 Å². The van der Waals surface area contributed by atoms with Crippen LogP contribution >= 0.6 is 0 Å². The molecule has 33 heavy (non-hydrogen) atoms. The monoisotopic (exact) mass is 441 g/mol. The molecule has 0 aliphatic carbocycles. The van der Waals surface area contributed by atoms with Crippen LogP contribution in [-0.2, 0) is 13.0 Å². The van der Waals surface area contributed by atoms with Gasteiger partial charge >= 0.3 is 0 Å². The molecule has 1 N–H and O–H groups in total. The Morgan fingerprint density at radius 2 is 1.79 bits per heavy atom. The summed E-state index contributed by atoms with van der Waals surface area (Å²) in [5.74, 6) is 2.13. The molecule has 0 saturated heterocycles. The highest BCUT2D eigenvalue weighted by atomic mass is 16.5. The van der Waals surface area contributed by atoms with Crippen molar-refractivity contribution in [2.45, 2.75) is 25.9 Å². The zero-order valence-corrected chi connectivity index (χ0v) is 19.1. The number of rotatable bonds is 5. The number of aromatic amines is 1. The Kier molecular flexibility index (Phi) is 5.60. The van der Waals surface area contributed by atoms with Gasteiger partial charge in [0, 0.05) is 6.54 Å². The van der Waals surface area contributed by atoms with Crippen LogP contribution in [0.2, 0.25) is 0 Å². The molecule has 0 radical (unpaired) electrons. The van der Waals surface area contributed by atoms with Crippen LogP contribution in [0.1, 0.15) is 34.1 Å². The van der Waals surface area contributed by atoms with Crippen LogP contribution in [0.15, 0.2) is 65.5 Å². The molecular weight excluding hydrogens is 414 g/mol. The van der Waals surface area contributed by atoms with Gasteiger partial charge in [0.15, 0.2) is 11.5 Å². The summed E-state index contributed by atoms with van der Waals surface area (Å²) in [5, 5.41) is 0.624. The van der Waals surface area contributed by atoms with Gasteiger partial charge in [-0.05, 0) is 53.8 Å². The molecule has 1 aliphatic rings. The summed E-state index contributed by atoms with van der Waals surface area (Å²) >= 11 is 0. The number of hydrogen-bond donors (Lipinski definition) is 1. The lowest BCUT2D eigenvalue weighted by molar-refractivity contribution is 0.198. The average molecular weight is 442 g/mol. The Morgan fingerprint density at radius 1 is 1.03 bits per heavy atom. The highest BCUT2D eigenvalue weighted by Gasteiger charge is 2.31. The number of aryl methyl sites for hydroxylation is 1. The maximum absolute atomic E-state index is 12.8.